The standard InChI is InChI=1S/C52H29N3O3/c1-2-11-30(12-3-1)52-53-49(37-16-10-20-47-48(37)36-15-6-9-19-44(36)57-47)51-50(54-52)40-29-33(23-26-46(40)58-51)55-41-17-7-4-13-34(41)38-27-31(21-24-42(38)55)32-22-25-45-39(28-32)35-14-5-8-18-43(35)56-45/h1-29H. The maximum Gasteiger partial charge on any atom is 0.180 e. The van der Waals surface area contributed by atoms with Crippen LogP contribution < -0.4 is 0 Å². The van der Waals surface area contributed by atoms with Crippen LogP contribution in [0.4, 0.5) is 0 Å². The third-order valence-electron chi connectivity index (χ3n) is 11.6. The zero-order valence-electron chi connectivity index (χ0n) is 30.8. The molecule has 0 radical (unpaired) electrons. The van der Waals surface area contributed by atoms with E-state index in [1.54, 1.807) is 0 Å². The van der Waals surface area contributed by atoms with Crippen LogP contribution in [0.15, 0.2) is 189 Å². The topological polar surface area (TPSA) is 70.1 Å². The summed E-state index contributed by atoms with van der Waals surface area (Å²) in [6, 6.07) is 60.9. The summed E-state index contributed by atoms with van der Waals surface area (Å²) in [5.41, 5.74) is 13.7. The molecule has 0 unspecified atom stereocenters. The van der Waals surface area contributed by atoms with E-state index in [1.165, 1.54) is 10.8 Å². The second kappa shape index (κ2) is 11.8. The molecule has 0 aliphatic rings. The maximum atomic E-state index is 6.76. The van der Waals surface area contributed by atoms with Gasteiger partial charge in [0.1, 0.15) is 39.1 Å². The third kappa shape index (κ3) is 4.48. The van der Waals surface area contributed by atoms with Gasteiger partial charge >= 0.3 is 0 Å². The normalized spacial score (nSPS) is 12.1. The largest absolute Gasteiger partial charge is 0.456 e. The number of aromatic nitrogens is 3. The van der Waals surface area contributed by atoms with Gasteiger partial charge in [-0.15, -0.1) is 0 Å². The molecule has 0 saturated heterocycles. The fourth-order valence-electron chi connectivity index (χ4n) is 8.98. The molecule has 5 aromatic heterocycles. The van der Waals surface area contributed by atoms with Gasteiger partial charge in [0, 0.05) is 54.5 Å². The molecule has 6 heteroatoms. The summed E-state index contributed by atoms with van der Waals surface area (Å²) in [4.78, 5) is 10.5. The second-order valence-corrected chi connectivity index (χ2v) is 14.9. The molecule has 0 fully saturated rings. The van der Waals surface area contributed by atoms with Gasteiger partial charge in [0.25, 0.3) is 0 Å². The van der Waals surface area contributed by atoms with Crippen molar-refractivity contribution in [2.75, 3.05) is 0 Å². The molecule has 0 N–H and O–H groups in total. The Morgan fingerprint density at radius 3 is 1.90 bits per heavy atom. The molecular weight excluding hydrogens is 715 g/mol. The van der Waals surface area contributed by atoms with E-state index in [9.17, 15) is 0 Å². The zero-order chi connectivity index (χ0) is 37.9. The Morgan fingerprint density at radius 1 is 0.379 bits per heavy atom. The van der Waals surface area contributed by atoms with Gasteiger partial charge in [0.05, 0.1) is 11.0 Å². The molecule has 6 nitrogen and oxygen atoms in total. The Hall–Kier alpha value is -7.96. The number of rotatable bonds is 4. The summed E-state index contributed by atoms with van der Waals surface area (Å²) in [6.45, 7) is 0. The van der Waals surface area contributed by atoms with Crippen LogP contribution in [0.25, 0.3) is 127 Å². The summed E-state index contributed by atoms with van der Waals surface area (Å²) in [5, 5.41) is 7.56. The lowest BCUT2D eigenvalue weighted by Crippen LogP contribution is -1.95. The van der Waals surface area contributed by atoms with Crippen molar-refractivity contribution in [2.45, 2.75) is 0 Å². The number of hydrogen-bond acceptors (Lipinski definition) is 5. The van der Waals surface area contributed by atoms with Gasteiger partial charge in [0.15, 0.2) is 11.4 Å². The minimum Gasteiger partial charge on any atom is -0.456 e. The van der Waals surface area contributed by atoms with Crippen molar-refractivity contribution < 1.29 is 13.3 Å². The van der Waals surface area contributed by atoms with Crippen LogP contribution in [0.1, 0.15) is 0 Å². The Kier molecular flexibility index (Phi) is 6.35. The first-order valence-corrected chi connectivity index (χ1v) is 19.4. The number of benzene rings is 8. The number of furan rings is 3. The average Bonchev–Trinajstić information content (AvgIpc) is 4.04. The van der Waals surface area contributed by atoms with Gasteiger partial charge in [0.2, 0.25) is 0 Å². The Labute approximate surface area is 329 Å². The van der Waals surface area contributed by atoms with E-state index in [0.29, 0.717) is 11.4 Å². The molecule has 0 bridgehead atoms. The van der Waals surface area contributed by atoms with E-state index < -0.39 is 0 Å². The summed E-state index contributed by atoms with van der Waals surface area (Å²) in [6.07, 6.45) is 0. The van der Waals surface area contributed by atoms with Crippen LogP contribution in [-0.4, -0.2) is 14.5 Å². The van der Waals surface area contributed by atoms with Gasteiger partial charge in [-0.2, -0.15) is 0 Å². The molecule has 270 valence electrons. The molecule has 0 saturated carbocycles. The van der Waals surface area contributed by atoms with E-state index in [1.807, 2.05) is 72.8 Å². The highest BCUT2D eigenvalue weighted by Crippen LogP contribution is 2.43. The van der Waals surface area contributed by atoms with Crippen LogP contribution in [-0.2, 0) is 0 Å². The molecule has 0 aliphatic carbocycles. The molecule has 0 atom stereocenters. The SMILES string of the molecule is c1ccc(-c2nc(-c3cccc4oc5ccccc5c34)c3oc4ccc(-n5c6ccccc6c6cc(-c7ccc8oc9ccccc9c8c7)ccc65)cc4c3n2)cc1. The van der Waals surface area contributed by atoms with Crippen molar-refractivity contribution in [3.8, 4) is 39.5 Å². The Balaban J connectivity index is 1.03. The highest BCUT2D eigenvalue weighted by Gasteiger charge is 2.23. The fourth-order valence-corrected chi connectivity index (χ4v) is 8.98. The lowest BCUT2D eigenvalue weighted by molar-refractivity contribution is 0.667. The lowest BCUT2D eigenvalue weighted by atomic mass is 10.0. The maximum absolute atomic E-state index is 6.76. The molecule has 13 aromatic rings. The van der Waals surface area contributed by atoms with Crippen LogP contribution >= 0.6 is 0 Å². The van der Waals surface area contributed by atoms with Crippen molar-refractivity contribution in [3.05, 3.63) is 176 Å². The summed E-state index contributed by atoms with van der Waals surface area (Å²) < 4.78 is 21.6. The van der Waals surface area contributed by atoms with E-state index in [0.717, 1.165) is 105 Å². The zero-order valence-corrected chi connectivity index (χ0v) is 30.8. The third-order valence-corrected chi connectivity index (χ3v) is 11.6. The number of fused-ring (bicyclic) bond motifs is 12. The molecule has 58 heavy (non-hydrogen) atoms. The summed E-state index contributed by atoms with van der Waals surface area (Å²) >= 11 is 0. The highest BCUT2D eigenvalue weighted by molar-refractivity contribution is 6.17. The summed E-state index contributed by atoms with van der Waals surface area (Å²) in [7, 11) is 0. The fraction of sp³-hybridized carbons (Fsp3) is 0. The van der Waals surface area contributed by atoms with Gasteiger partial charge in [-0.3, -0.25) is 0 Å². The van der Waals surface area contributed by atoms with Crippen LogP contribution in [0.3, 0.4) is 0 Å². The minimum atomic E-state index is 0.631. The number of para-hydroxylation sites is 3. The Bertz CT molecular complexity index is 3810. The van der Waals surface area contributed by atoms with E-state index >= 15 is 0 Å². The molecule has 0 amide bonds. The minimum absolute atomic E-state index is 0.631. The van der Waals surface area contributed by atoms with Crippen molar-refractivity contribution in [1.82, 2.24) is 14.5 Å². The first-order chi connectivity index (χ1) is 28.7. The second-order valence-electron chi connectivity index (χ2n) is 14.9. The molecule has 13 rings (SSSR count). The van der Waals surface area contributed by atoms with Crippen molar-refractivity contribution in [1.29, 1.82) is 0 Å². The monoisotopic (exact) mass is 743 g/mol. The van der Waals surface area contributed by atoms with Crippen molar-refractivity contribution >= 4 is 87.8 Å². The van der Waals surface area contributed by atoms with E-state index in [2.05, 4.69) is 108 Å². The molecule has 8 aromatic carbocycles. The van der Waals surface area contributed by atoms with Gasteiger partial charge in [-0.25, -0.2) is 9.97 Å². The van der Waals surface area contributed by atoms with Crippen molar-refractivity contribution in [2.24, 2.45) is 0 Å². The van der Waals surface area contributed by atoms with Gasteiger partial charge in [-0.05, 0) is 77.9 Å². The average molecular weight is 744 g/mol. The van der Waals surface area contributed by atoms with Gasteiger partial charge in [-0.1, -0.05) is 109 Å². The van der Waals surface area contributed by atoms with Crippen LogP contribution in [0.5, 0.6) is 0 Å². The van der Waals surface area contributed by atoms with E-state index in [-0.39, 0.29) is 0 Å². The Morgan fingerprint density at radius 2 is 1.02 bits per heavy atom. The number of hydrogen-bond donors (Lipinski definition) is 0. The molecular formula is C52H29N3O3. The first-order valence-electron chi connectivity index (χ1n) is 19.4. The highest BCUT2D eigenvalue weighted by atomic mass is 16.3. The predicted octanol–water partition coefficient (Wildman–Crippen LogP) is 14.3. The quantitative estimate of drug-likeness (QED) is 0.179. The molecule has 5 heterocycles. The lowest BCUT2D eigenvalue weighted by Gasteiger charge is -2.09. The smallest absolute Gasteiger partial charge is 0.180 e. The van der Waals surface area contributed by atoms with Crippen LogP contribution in [0, 0.1) is 0 Å². The molecule has 0 aliphatic heterocycles. The summed E-state index contributed by atoms with van der Waals surface area (Å²) in [5.74, 6) is 0.631. The van der Waals surface area contributed by atoms with Crippen molar-refractivity contribution in [3.63, 3.8) is 0 Å². The van der Waals surface area contributed by atoms with E-state index in [4.69, 9.17) is 23.2 Å². The first kappa shape index (κ1) is 31.3. The van der Waals surface area contributed by atoms with Crippen LogP contribution in [0.2, 0.25) is 0 Å². The van der Waals surface area contributed by atoms with Gasteiger partial charge < -0.3 is 17.8 Å². The molecule has 0 spiro atoms. The predicted molar refractivity (Wildman–Crippen MR) is 235 cm³/mol. The number of nitrogens with zero attached hydrogens (tertiary/aromatic N) is 3.